The molecule has 2 atom stereocenters. The lowest BCUT2D eigenvalue weighted by atomic mass is 10.00. The van der Waals surface area contributed by atoms with E-state index in [0.717, 1.165) is 23.7 Å². The van der Waals surface area contributed by atoms with Crippen LogP contribution in [0.3, 0.4) is 0 Å². The summed E-state index contributed by atoms with van der Waals surface area (Å²) in [7, 11) is 0. The first-order valence-corrected chi connectivity index (χ1v) is 7.16. The summed E-state index contributed by atoms with van der Waals surface area (Å²) < 4.78 is 14.4. The van der Waals surface area contributed by atoms with Gasteiger partial charge in [-0.05, 0) is 31.0 Å². The van der Waals surface area contributed by atoms with Gasteiger partial charge in [-0.15, -0.1) is 0 Å². The monoisotopic (exact) mass is 325 g/mol. The Morgan fingerprint density at radius 2 is 1.84 bits per heavy atom. The molecule has 1 aromatic rings. The molecular weight excluding hydrogens is 313 g/mol. The molecule has 1 saturated carbocycles. The molecule has 2 unspecified atom stereocenters. The molecule has 0 radical (unpaired) electrons. The van der Waals surface area contributed by atoms with Gasteiger partial charge in [0.05, 0.1) is 18.4 Å². The highest BCUT2D eigenvalue weighted by Crippen LogP contribution is 2.40. The number of hydrogen-bond donors (Lipinski definition) is 0. The van der Waals surface area contributed by atoms with E-state index >= 15 is 0 Å². The summed E-state index contributed by atoms with van der Waals surface area (Å²) in [6.07, 6.45) is 2.51. The average Bonchev–Trinajstić information content (AvgIpc) is 2.94. The SMILES string of the molecule is O=C1C2CCCC2C(=O)N1Cc1cc(Br)ccc1F. The van der Waals surface area contributed by atoms with Crippen LogP contribution in [0.15, 0.2) is 22.7 Å². The molecule has 0 aromatic heterocycles. The predicted molar refractivity (Wildman–Crippen MR) is 70.5 cm³/mol. The lowest BCUT2D eigenvalue weighted by Crippen LogP contribution is -2.31. The molecule has 0 N–H and O–H groups in total. The van der Waals surface area contributed by atoms with E-state index in [1.165, 1.54) is 11.0 Å². The molecule has 2 fully saturated rings. The Labute approximate surface area is 118 Å². The number of fused-ring (bicyclic) bond motifs is 1. The average molecular weight is 326 g/mol. The highest BCUT2D eigenvalue weighted by Gasteiger charge is 2.49. The Balaban J connectivity index is 1.86. The first-order chi connectivity index (χ1) is 9.08. The molecule has 1 aliphatic carbocycles. The third-order valence-electron chi connectivity index (χ3n) is 4.02. The quantitative estimate of drug-likeness (QED) is 0.784. The summed E-state index contributed by atoms with van der Waals surface area (Å²) >= 11 is 3.27. The van der Waals surface area contributed by atoms with Crippen LogP contribution in [-0.2, 0) is 16.1 Å². The summed E-state index contributed by atoms with van der Waals surface area (Å²) in [6.45, 7) is 0.0376. The number of amides is 2. The van der Waals surface area contributed by atoms with Crippen molar-refractivity contribution in [2.45, 2.75) is 25.8 Å². The number of hydrogen-bond acceptors (Lipinski definition) is 2. The molecule has 3 nitrogen and oxygen atoms in total. The molecule has 1 aliphatic heterocycles. The second-order valence-electron chi connectivity index (χ2n) is 5.14. The van der Waals surface area contributed by atoms with Crippen LogP contribution in [0.4, 0.5) is 4.39 Å². The zero-order valence-electron chi connectivity index (χ0n) is 10.2. The topological polar surface area (TPSA) is 37.4 Å². The van der Waals surface area contributed by atoms with Crippen molar-refractivity contribution in [3.63, 3.8) is 0 Å². The number of carbonyl (C=O) groups is 2. The number of carbonyl (C=O) groups excluding carboxylic acids is 2. The molecule has 100 valence electrons. The number of halogens is 2. The minimum absolute atomic E-state index is 0.0376. The maximum Gasteiger partial charge on any atom is 0.233 e. The van der Waals surface area contributed by atoms with Gasteiger partial charge in [0.25, 0.3) is 0 Å². The van der Waals surface area contributed by atoms with Crippen molar-refractivity contribution >= 4 is 27.7 Å². The van der Waals surface area contributed by atoms with Crippen LogP contribution in [0.5, 0.6) is 0 Å². The third-order valence-corrected chi connectivity index (χ3v) is 4.51. The maximum atomic E-state index is 13.7. The molecule has 3 rings (SSSR count). The third kappa shape index (κ3) is 2.10. The van der Waals surface area contributed by atoms with Gasteiger partial charge < -0.3 is 0 Å². The Morgan fingerprint density at radius 3 is 2.47 bits per heavy atom. The van der Waals surface area contributed by atoms with Crippen molar-refractivity contribution in [1.82, 2.24) is 4.90 Å². The van der Waals surface area contributed by atoms with Crippen molar-refractivity contribution in [2.24, 2.45) is 11.8 Å². The van der Waals surface area contributed by atoms with E-state index in [1.807, 2.05) is 0 Å². The first-order valence-electron chi connectivity index (χ1n) is 6.37. The van der Waals surface area contributed by atoms with Gasteiger partial charge in [-0.3, -0.25) is 14.5 Å². The number of likely N-dealkylation sites (tertiary alicyclic amines) is 1. The van der Waals surface area contributed by atoms with Gasteiger partial charge in [-0.1, -0.05) is 22.4 Å². The molecule has 5 heteroatoms. The number of imide groups is 1. The minimum atomic E-state index is -0.388. The van der Waals surface area contributed by atoms with E-state index < -0.39 is 0 Å². The van der Waals surface area contributed by atoms with Gasteiger partial charge in [0.1, 0.15) is 5.82 Å². The summed E-state index contributed by atoms with van der Waals surface area (Å²) in [5.41, 5.74) is 0.371. The largest absolute Gasteiger partial charge is 0.278 e. The summed E-state index contributed by atoms with van der Waals surface area (Å²) in [6, 6.07) is 4.55. The first kappa shape index (κ1) is 12.8. The number of nitrogens with zero attached hydrogens (tertiary/aromatic N) is 1. The highest BCUT2D eigenvalue weighted by molar-refractivity contribution is 9.10. The van der Waals surface area contributed by atoms with Crippen LogP contribution in [0.2, 0.25) is 0 Å². The van der Waals surface area contributed by atoms with Crippen LogP contribution < -0.4 is 0 Å². The van der Waals surface area contributed by atoms with E-state index in [1.54, 1.807) is 12.1 Å². The molecule has 2 amide bonds. The van der Waals surface area contributed by atoms with Crippen LogP contribution >= 0.6 is 15.9 Å². The number of rotatable bonds is 2. The van der Waals surface area contributed by atoms with E-state index in [9.17, 15) is 14.0 Å². The second-order valence-corrected chi connectivity index (χ2v) is 6.06. The Hall–Kier alpha value is -1.23. The summed E-state index contributed by atoms with van der Waals surface area (Å²) in [4.78, 5) is 25.6. The van der Waals surface area contributed by atoms with Crippen molar-refractivity contribution in [2.75, 3.05) is 0 Å². The molecule has 1 aromatic carbocycles. The van der Waals surface area contributed by atoms with Gasteiger partial charge >= 0.3 is 0 Å². The fourth-order valence-corrected chi connectivity index (χ4v) is 3.46. The smallest absolute Gasteiger partial charge is 0.233 e. The Bertz CT molecular complexity index is 538. The number of benzene rings is 1. The van der Waals surface area contributed by atoms with Crippen molar-refractivity contribution in [3.8, 4) is 0 Å². The molecule has 19 heavy (non-hydrogen) atoms. The van der Waals surface area contributed by atoms with Gasteiger partial charge in [0.2, 0.25) is 11.8 Å². The van der Waals surface area contributed by atoms with E-state index in [2.05, 4.69) is 15.9 Å². The Morgan fingerprint density at radius 1 is 1.21 bits per heavy atom. The molecule has 1 heterocycles. The molecule has 0 bridgehead atoms. The fraction of sp³-hybridized carbons (Fsp3) is 0.429. The summed E-state index contributed by atoms with van der Waals surface area (Å²) in [5, 5.41) is 0. The van der Waals surface area contributed by atoms with Crippen LogP contribution in [0.1, 0.15) is 24.8 Å². The lowest BCUT2D eigenvalue weighted by molar-refractivity contribution is -0.141. The van der Waals surface area contributed by atoms with Crippen molar-refractivity contribution in [1.29, 1.82) is 0 Å². The van der Waals surface area contributed by atoms with Gasteiger partial charge in [0, 0.05) is 10.0 Å². The highest BCUT2D eigenvalue weighted by atomic mass is 79.9. The zero-order valence-corrected chi connectivity index (χ0v) is 11.8. The minimum Gasteiger partial charge on any atom is -0.278 e. The van der Waals surface area contributed by atoms with E-state index in [4.69, 9.17) is 0 Å². The fourth-order valence-electron chi connectivity index (χ4n) is 3.05. The second kappa shape index (κ2) is 4.71. The van der Waals surface area contributed by atoms with E-state index in [-0.39, 0.29) is 36.0 Å². The van der Waals surface area contributed by atoms with Crippen molar-refractivity contribution in [3.05, 3.63) is 34.1 Å². The van der Waals surface area contributed by atoms with Gasteiger partial charge in [-0.2, -0.15) is 0 Å². The van der Waals surface area contributed by atoms with Crippen LogP contribution in [0, 0.1) is 17.7 Å². The van der Waals surface area contributed by atoms with Crippen molar-refractivity contribution < 1.29 is 14.0 Å². The predicted octanol–water partition coefficient (Wildman–Crippen LogP) is 2.87. The molecule has 0 spiro atoms. The normalized spacial score (nSPS) is 26.1. The lowest BCUT2D eigenvalue weighted by Gasteiger charge is -2.16. The van der Waals surface area contributed by atoms with Crippen LogP contribution in [0.25, 0.3) is 0 Å². The standard InChI is InChI=1S/C14H13BrFNO2/c15-9-4-5-12(16)8(6-9)7-17-13(18)10-2-1-3-11(10)14(17)19/h4-6,10-11H,1-3,7H2. The molecule has 1 saturated heterocycles. The molecular formula is C14H13BrFNO2. The zero-order chi connectivity index (χ0) is 13.6. The maximum absolute atomic E-state index is 13.7. The van der Waals surface area contributed by atoms with E-state index in [0.29, 0.717) is 5.56 Å². The Kier molecular flexibility index (Phi) is 3.17. The summed E-state index contributed by atoms with van der Waals surface area (Å²) in [5.74, 6) is -0.981. The molecule has 2 aliphatic rings. The van der Waals surface area contributed by atoms with Gasteiger partial charge in [-0.25, -0.2) is 4.39 Å². The van der Waals surface area contributed by atoms with Crippen LogP contribution in [-0.4, -0.2) is 16.7 Å². The van der Waals surface area contributed by atoms with Gasteiger partial charge in [0.15, 0.2) is 0 Å².